The summed E-state index contributed by atoms with van der Waals surface area (Å²) in [6.45, 7) is 6.89. The fourth-order valence-corrected chi connectivity index (χ4v) is 1.93. The second kappa shape index (κ2) is 5.69. The molecule has 0 bridgehead atoms. The van der Waals surface area contributed by atoms with Gasteiger partial charge in [-0.1, -0.05) is 0 Å². The zero-order valence-corrected chi connectivity index (χ0v) is 11.5. The van der Waals surface area contributed by atoms with Gasteiger partial charge in [-0.25, -0.2) is 0 Å². The van der Waals surface area contributed by atoms with Crippen molar-refractivity contribution in [3.8, 4) is 5.75 Å². The summed E-state index contributed by atoms with van der Waals surface area (Å²) in [4.78, 5) is 11.2. The van der Waals surface area contributed by atoms with E-state index in [0.29, 0.717) is 12.2 Å². The molecule has 0 atom stereocenters. The van der Waals surface area contributed by atoms with Gasteiger partial charge in [0.05, 0.1) is 11.4 Å². The van der Waals surface area contributed by atoms with Crippen LogP contribution in [0.3, 0.4) is 0 Å². The zero-order valence-electron chi connectivity index (χ0n) is 11.5. The molecule has 2 rings (SSSR count). The van der Waals surface area contributed by atoms with Crippen LogP contribution in [-0.4, -0.2) is 15.6 Å². The van der Waals surface area contributed by atoms with E-state index in [2.05, 4.69) is 12.0 Å². The normalized spacial score (nSPS) is 10.5. The van der Waals surface area contributed by atoms with E-state index < -0.39 is 0 Å². The molecule has 0 saturated heterocycles. The molecule has 2 aromatic rings. The number of rotatable bonds is 5. The van der Waals surface area contributed by atoms with Crippen LogP contribution >= 0.6 is 0 Å². The van der Waals surface area contributed by atoms with Crippen molar-refractivity contribution in [3.63, 3.8) is 0 Å². The number of ether oxygens (including phenoxy) is 1. The lowest BCUT2D eigenvalue weighted by Gasteiger charge is -2.08. The quantitative estimate of drug-likeness (QED) is 0.774. The van der Waals surface area contributed by atoms with Crippen molar-refractivity contribution in [1.82, 2.24) is 9.78 Å². The number of hydrogen-bond donors (Lipinski definition) is 0. The molecule has 100 valence electrons. The summed E-state index contributed by atoms with van der Waals surface area (Å²) in [7, 11) is 0. The Morgan fingerprint density at radius 3 is 2.58 bits per heavy atom. The third-order valence-corrected chi connectivity index (χ3v) is 2.93. The molecule has 0 aliphatic rings. The molecular formula is C15H18N2O2. The lowest BCUT2D eigenvalue weighted by molar-refractivity contribution is 0.101. The molecule has 1 aromatic carbocycles. The van der Waals surface area contributed by atoms with Gasteiger partial charge in [-0.3, -0.25) is 9.48 Å². The number of aryl methyl sites for hydroxylation is 2. The average Bonchev–Trinajstić information content (AvgIpc) is 2.77. The van der Waals surface area contributed by atoms with Gasteiger partial charge < -0.3 is 4.74 Å². The van der Waals surface area contributed by atoms with Crippen molar-refractivity contribution in [2.45, 2.75) is 33.9 Å². The molecule has 0 radical (unpaired) electrons. The van der Waals surface area contributed by atoms with E-state index in [0.717, 1.165) is 23.7 Å². The Kier molecular flexibility index (Phi) is 4.00. The Morgan fingerprint density at radius 1 is 1.32 bits per heavy atom. The number of aromatic nitrogens is 2. The average molecular weight is 258 g/mol. The van der Waals surface area contributed by atoms with Crippen LogP contribution in [0.1, 0.15) is 35.6 Å². The maximum atomic E-state index is 11.2. The van der Waals surface area contributed by atoms with Crippen LogP contribution < -0.4 is 4.74 Å². The Labute approximate surface area is 113 Å². The van der Waals surface area contributed by atoms with Crippen LogP contribution in [0.25, 0.3) is 0 Å². The highest BCUT2D eigenvalue weighted by molar-refractivity contribution is 5.94. The number of Topliss-reactive ketones (excluding diaryl/α,β-unsaturated/α-hetero) is 1. The maximum absolute atomic E-state index is 11.2. The smallest absolute Gasteiger partial charge is 0.159 e. The Bertz CT molecular complexity index is 570. The molecule has 0 saturated carbocycles. The highest BCUT2D eigenvalue weighted by Crippen LogP contribution is 2.15. The summed E-state index contributed by atoms with van der Waals surface area (Å²) < 4.78 is 7.64. The minimum atomic E-state index is 0.0613. The van der Waals surface area contributed by atoms with Gasteiger partial charge in [0, 0.05) is 12.1 Å². The predicted octanol–water partition coefficient (Wildman–Crippen LogP) is 2.99. The molecular weight excluding hydrogens is 240 g/mol. The Morgan fingerprint density at radius 2 is 2.00 bits per heavy atom. The van der Waals surface area contributed by atoms with E-state index in [4.69, 9.17) is 4.74 Å². The number of benzene rings is 1. The number of hydrogen-bond acceptors (Lipinski definition) is 3. The molecule has 0 spiro atoms. The number of ketones is 1. The number of nitrogens with zero attached hydrogens (tertiary/aromatic N) is 2. The monoisotopic (exact) mass is 258 g/mol. The largest absolute Gasteiger partial charge is 0.487 e. The van der Waals surface area contributed by atoms with Gasteiger partial charge in [0.1, 0.15) is 12.4 Å². The fraction of sp³-hybridized carbons (Fsp3) is 0.333. The predicted molar refractivity (Wildman–Crippen MR) is 73.4 cm³/mol. The van der Waals surface area contributed by atoms with Crippen LogP contribution in [-0.2, 0) is 13.2 Å². The standard InChI is InChI=1S/C15H18N2O2/c1-4-17-14(9-11(2)16-17)10-19-15-7-5-13(6-8-15)12(3)18/h5-9H,4,10H2,1-3H3. The van der Waals surface area contributed by atoms with Gasteiger partial charge in [0.25, 0.3) is 0 Å². The third-order valence-electron chi connectivity index (χ3n) is 2.93. The van der Waals surface area contributed by atoms with E-state index >= 15 is 0 Å². The SMILES string of the molecule is CCn1nc(C)cc1COc1ccc(C(C)=O)cc1. The van der Waals surface area contributed by atoms with Crippen LogP contribution in [0, 0.1) is 6.92 Å². The summed E-state index contributed by atoms with van der Waals surface area (Å²) in [5.41, 5.74) is 2.74. The van der Waals surface area contributed by atoms with Crippen LogP contribution in [0.5, 0.6) is 5.75 Å². The van der Waals surface area contributed by atoms with Crippen molar-refractivity contribution < 1.29 is 9.53 Å². The topological polar surface area (TPSA) is 44.1 Å². The van der Waals surface area contributed by atoms with Gasteiger partial charge in [-0.05, 0) is 51.1 Å². The summed E-state index contributed by atoms with van der Waals surface area (Å²) in [6, 6.07) is 9.21. The lowest BCUT2D eigenvalue weighted by atomic mass is 10.1. The summed E-state index contributed by atoms with van der Waals surface area (Å²) in [6.07, 6.45) is 0. The van der Waals surface area contributed by atoms with Crippen molar-refractivity contribution in [2.24, 2.45) is 0 Å². The molecule has 1 aromatic heterocycles. The van der Waals surface area contributed by atoms with E-state index in [1.165, 1.54) is 0 Å². The molecule has 19 heavy (non-hydrogen) atoms. The highest BCUT2D eigenvalue weighted by atomic mass is 16.5. The molecule has 4 heteroatoms. The molecule has 4 nitrogen and oxygen atoms in total. The molecule has 0 aliphatic heterocycles. The third kappa shape index (κ3) is 3.22. The van der Waals surface area contributed by atoms with Crippen LogP contribution in [0.4, 0.5) is 0 Å². The fourth-order valence-electron chi connectivity index (χ4n) is 1.93. The van der Waals surface area contributed by atoms with Gasteiger partial charge in [-0.2, -0.15) is 5.10 Å². The van der Waals surface area contributed by atoms with E-state index in [1.54, 1.807) is 19.1 Å². The Hall–Kier alpha value is -2.10. The van der Waals surface area contributed by atoms with Crippen molar-refractivity contribution >= 4 is 5.78 Å². The summed E-state index contributed by atoms with van der Waals surface area (Å²) in [5.74, 6) is 0.817. The second-order valence-corrected chi connectivity index (χ2v) is 4.46. The first kappa shape index (κ1) is 13.3. The van der Waals surface area contributed by atoms with Gasteiger partial charge >= 0.3 is 0 Å². The number of carbonyl (C=O) groups excluding carboxylic acids is 1. The first-order valence-electron chi connectivity index (χ1n) is 6.37. The lowest BCUT2D eigenvalue weighted by Crippen LogP contribution is -2.06. The molecule has 0 unspecified atom stereocenters. The van der Waals surface area contributed by atoms with E-state index in [1.807, 2.05) is 29.8 Å². The van der Waals surface area contributed by atoms with Crippen molar-refractivity contribution in [3.05, 3.63) is 47.3 Å². The molecule has 0 fully saturated rings. The molecule has 0 N–H and O–H groups in total. The van der Waals surface area contributed by atoms with Crippen molar-refractivity contribution in [2.75, 3.05) is 0 Å². The van der Waals surface area contributed by atoms with Gasteiger partial charge in [-0.15, -0.1) is 0 Å². The minimum Gasteiger partial charge on any atom is -0.487 e. The zero-order chi connectivity index (χ0) is 13.8. The van der Waals surface area contributed by atoms with Gasteiger partial charge in [0.2, 0.25) is 0 Å². The Balaban J connectivity index is 2.03. The van der Waals surface area contributed by atoms with Crippen LogP contribution in [0.2, 0.25) is 0 Å². The second-order valence-electron chi connectivity index (χ2n) is 4.46. The van der Waals surface area contributed by atoms with E-state index in [-0.39, 0.29) is 5.78 Å². The molecule has 0 aliphatic carbocycles. The maximum Gasteiger partial charge on any atom is 0.159 e. The van der Waals surface area contributed by atoms with Gasteiger partial charge in [0.15, 0.2) is 5.78 Å². The van der Waals surface area contributed by atoms with Crippen molar-refractivity contribution in [1.29, 1.82) is 0 Å². The summed E-state index contributed by atoms with van der Waals surface area (Å²) >= 11 is 0. The number of carbonyl (C=O) groups is 1. The van der Waals surface area contributed by atoms with E-state index in [9.17, 15) is 4.79 Å². The first-order chi connectivity index (χ1) is 9.10. The van der Waals surface area contributed by atoms with Crippen LogP contribution in [0.15, 0.2) is 30.3 Å². The molecule has 0 amide bonds. The summed E-state index contributed by atoms with van der Waals surface area (Å²) in [5, 5.41) is 4.37. The molecule has 1 heterocycles. The minimum absolute atomic E-state index is 0.0613. The highest BCUT2D eigenvalue weighted by Gasteiger charge is 2.05. The first-order valence-corrected chi connectivity index (χ1v) is 6.37.